The molecule has 0 aliphatic rings. The van der Waals surface area contributed by atoms with Crippen LogP contribution in [0.1, 0.15) is 34.8 Å². The minimum Gasteiger partial charge on any atom is -0.451 e. The first-order chi connectivity index (χ1) is 14.0. The highest BCUT2D eigenvalue weighted by Crippen LogP contribution is 2.28. The predicted molar refractivity (Wildman–Crippen MR) is 115 cm³/mol. The van der Waals surface area contributed by atoms with Crippen LogP contribution >= 0.6 is 11.3 Å². The molecule has 0 unspecified atom stereocenters. The molecule has 0 aliphatic heterocycles. The summed E-state index contributed by atoms with van der Waals surface area (Å²) >= 11 is 1.28. The number of carbonyl (C=O) groups excluding carboxylic acids is 2. The summed E-state index contributed by atoms with van der Waals surface area (Å²) in [5, 5.41) is 0.759. The van der Waals surface area contributed by atoms with E-state index in [0.717, 1.165) is 16.1 Å². The third kappa shape index (κ3) is 5.29. The van der Waals surface area contributed by atoms with Crippen LogP contribution in [0.15, 0.2) is 60.7 Å². The fourth-order valence-electron chi connectivity index (χ4n) is 2.90. The highest BCUT2D eigenvalue weighted by molar-refractivity contribution is 7.17. The van der Waals surface area contributed by atoms with Gasteiger partial charge in [-0.25, -0.2) is 9.78 Å². The molecule has 1 aromatic heterocycles. The van der Waals surface area contributed by atoms with Gasteiger partial charge in [0.05, 0.1) is 5.69 Å². The Hall–Kier alpha value is -2.99. The molecule has 3 aromatic rings. The molecule has 150 valence electrons. The van der Waals surface area contributed by atoms with E-state index in [4.69, 9.17) is 4.74 Å². The van der Waals surface area contributed by atoms with Gasteiger partial charge in [0.2, 0.25) is 0 Å². The first-order valence-electron chi connectivity index (χ1n) is 9.49. The number of thiazole rings is 1. The highest BCUT2D eigenvalue weighted by atomic mass is 32.1. The number of amides is 1. The van der Waals surface area contributed by atoms with Gasteiger partial charge in [-0.2, -0.15) is 0 Å². The Balaban J connectivity index is 1.65. The lowest BCUT2D eigenvalue weighted by Gasteiger charge is -2.26. The summed E-state index contributed by atoms with van der Waals surface area (Å²) in [6, 6.07) is 19.4. The molecule has 5 nitrogen and oxygen atoms in total. The maximum absolute atomic E-state index is 12.7. The third-order valence-corrected chi connectivity index (χ3v) is 5.66. The molecule has 0 aliphatic carbocycles. The van der Waals surface area contributed by atoms with Crippen molar-refractivity contribution in [1.82, 2.24) is 9.88 Å². The Morgan fingerprint density at radius 2 is 1.66 bits per heavy atom. The topological polar surface area (TPSA) is 59.5 Å². The van der Waals surface area contributed by atoms with Crippen LogP contribution in [0.5, 0.6) is 0 Å². The summed E-state index contributed by atoms with van der Waals surface area (Å²) in [5.41, 5.74) is 2.59. The molecule has 1 amide bonds. The Bertz CT molecular complexity index is 968. The first kappa shape index (κ1) is 20.7. The van der Waals surface area contributed by atoms with Crippen LogP contribution in [-0.2, 0) is 16.1 Å². The number of ether oxygens (including phenoxy) is 1. The lowest BCUT2D eigenvalue weighted by molar-refractivity contribution is -0.136. The molecule has 1 heterocycles. The fraction of sp³-hybridized carbons (Fsp3) is 0.261. The number of hydrogen-bond donors (Lipinski definition) is 0. The number of hydrogen-bond acceptors (Lipinski definition) is 5. The van der Waals surface area contributed by atoms with E-state index in [9.17, 15) is 9.59 Å². The van der Waals surface area contributed by atoms with E-state index in [1.54, 1.807) is 11.8 Å². The van der Waals surface area contributed by atoms with Crippen molar-refractivity contribution in [3.05, 3.63) is 76.8 Å². The van der Waals surface area contributed by atoms with Crippen LogP contribution in [0, 0.1) is 6.92 Å². The summed E-state index contributed by atoms with van der Waals surface area (Å²) in [6.45, 7) is 5.86. The molecular weight excluding hydrogens is 384 g/mol. The quantitative estimate of drug-likeness (QED) is 0.531. The monoisotopic (exact) mass is 408 g/mol. The molecule has 0 N–H and O–H groups in total. The van der Waals surface area contributed by atoms with Crippen molar-refractivity contribution < 1.29 is 14.3 Å². The number of carbonyl (C=O) groups is 2. The zero-order valence-corrected chi connectivity index (χ0v) is 17.6. The van der Waals surface area contributed by atoms with E-state index in [0.29, 0.717) is 17.1 Å². The van der Waals surface area contributed by atoms with E-state index in [2.05, 4.69) is 4.98 Å². The van der Waals surface area contributed by atoms with Gasteiger partial charge in [-0.15, -0.1) is 11.3 Å². The number of aryl methyl sites for hydroxylation is 1. The van der Waals surface area contributed by atoms with Gasteiger partial charge in [0.15, 0.2) is 6.61 Å². The van der Waals surface area contributed by atoms with E-state index >= 15 is 0 Å². The van der Waals surface area contributed by atoms with Gasteiger partial charge < -0.3 is 9.64 Å². The molecule has 0 saturated heterocycles. The smallest absolute Gasteiger partial charge is 0.350 e. The third-order valence-electron chi connectivity index (χ3n) is 4.47. The van der Waals surface area contributed by atoms with Crippen LogP contribution in [-0.4, -0.2) is 34.4 Å². The Labute approximate surface area is 175 Å². The molecular formula is C23H24N2O3S. The first-order valence-corrected chi connectivity index (χ1v) is 10.3. The Kier molecular flexibility index (Phi) is 6.77. The van der Waals surface area contributed by atoms with Crippen molar-refractivity contribution in [1.29, 1.82) is 0 Å². The van der Waals surface area contributed by atoms with Gasteiger partial charge in [0, 0.05) is 18.2 Å². The zero-order chi connectivity index (χ0) is 20.8. The minimum absolute atomic E-state index is 0.00349. The average molecular weight is 409 g/mol. The summed E-state index contributed by atoms with van der Waals surface area (Å²) in [5.74, 6) is -0.735. The van der Waals surface area contributed by atoms with E-state index in [-0.39, 0.29) is 18.6 Å². The van der Waals surface area contributed by atoms with E-state index in [1.807, 2.05) is 74.5 Å². The maximum atomic E-state index is 12.7. The normalized spacial score (nSPS) is 10.8. The van der Waals surface area contributed by atoms with Gasteiger partial charge in [-0.05, 0) is 26.3 Å². The second kappa shape index (κ2) is 9.47. The molecule has 0 atom stereocenters. The fourth-order valence-corrected chi connectivity index (χ4v) is 3.87. The SMILES string of the molecule is Cc1nc(-c2ccccc2)sc1C(=O)OCC(=O)N(Cc1ccccc1)C(C)C. The molecule has 0 fully saturated rings. The molecule has 0 radical (unpaired) electrons. The van der Waals surface area contributed by atoms with Crippen LogP contribution in [0.4, 0.5) is 0 Å². The predicted octanol–water partition coefficient (Wildman–Crippen LogP) is 4.71. The van der Waals surface area contributed by atoms with Gasteiger partial charge in [-0.1, -0.05) is 60.7 Å². The van der Waals surface area contributed by atoms with Crippen molar-refractivity contribution in [2.75, 3.05) is 6.61 Å². The van der Waals surface area contributed by atoms with Crippen molar-refractivity contribution in [3.8, 4) is 10.6 Å². The lowest BCUT2D eigenvalue weighted by atomic mass is 10.2. The molecule has 3 rings (SSSR count). The van der Waals surface area contributed by atoms with Gasteiger partial charge >= 0.3 is 5.97 Å². The molecule has 0 saturated carbocycles. The molecule has 29 heavy (non-hydrogen) atoms. The van der Waals surface area contributed by atoms with Gasteiger partial charge in [0.25, 0.3) is 5.91 Å². The second-order valence-corrected chi connectivity index (χ2v) is 7.98. The molecule has 0 spiro atoms. The number of esters is 1. The number of benzene rings is 2. The standard InChI is InChI=1S/C23H24N2O3S/c1-16(2)25(14-18-10-6-4-7-11-18)20(26)15-28-23(27)21-17(3)24-22(29-21)19-12-8-5-9-13-19/h4-13,16H,14-15H2,1-3H3. The van der Waals surface area contributed by atoms with Crippen LogP contribution in [0.2, 0.25) is 0 Å². The number of aromatic nitrogens is 1. The zero-order valence-electron chi connectivity index (χ0n) is 16.8. The van der Waals surface area contributed by atoms with E-state index in [1.165, 1.54) is 11.3 Å². The van der Waals surface area contributed by atoms with Crippen LogP contribution < -0.4 is 0 Å². The summed E-state index contributed by atoms with van der Waals surface area (Å²) in [7, 11) is 0. The molecule has 6 heteroatoms. The lowest BCUT2D eigenvalue weighted by Crippen LogP contribution is -2.39. The summed E-state index contributed by atoms with van der Waals surface area (Å²) in [6.07, 6.45) is 0. The van der Waals surface area contributed by atoms with Crippen molar-refractivity contribution >= 4 is 23.2 Å². The van der Waals surface area contributed by atoms with Gasteiger partial charge in [-0.3, -0.25) is 4.79 Å². The van der Waals surface area contributed by atoms with Crippen molar-refractivity contribution in [3.63, 3.8) is 0 Å². The van der Waals surface area contributed by atoms with Crippen LogP contribution in [0.3, 0.4) is 0 Å². The minimum atomic E-state index is -0.515. The Morgan fingerprint density at radius 3 is 2.28 bits per heavy atom. The molecule has 2 aromatic carbocycles. The number of nitrogens with zero attached hydrogens (tertiary/aromatic N) is 2. The second-order valence-electron chi connectivity index (χ2n) is 6.98. The van der Waals surface area contributed by atoms with Crippen LogP contribution in [0.25, 0.3) is 10.6 Å². The maximum Gasteiger partial charge on any atom is 0.350 e. The van der Waals surface area contributed by atoms with Crippen molar-refractivity contribution in [2.45, 2.75) is 33.4 Å². The Morgan fingerprint density at radius 1 is 1.03 bits per heavy atom. The average Bonchev–Trinajstić information content (AvgIpc) is 3.13. The van der Waals surface area contributed by atoms with Gasteiger partial charge in [0.1, 0.15) is 9.88 Å². The highest BCUT2D eigenvalue weighted by Gasteiger charge is 2.22. The summed E-state index contributed by atoms with van der Waals surface area (Å²) < 4.78 is 5.33. The number of rotatable bonds is 7. The largest absolute Gasteiger partial charge is 0.451 e. The van der Waals surface area contributed by atoms with Crippen molar-refractivity contribution in [2.24, 2.45) is 0 Å². The summed E-state index contributed by atoms with van der Waals surface area (Å²) in [4.78, 5) is 31.8. The van der Waals surface area contributed by atoms with E-state index < -0.39 is 5.97 Å². The molecule has 0 bridgehead atoms.